The molecule has 0 aliphatic heterocycles. The highest BCUT2D eigenvalue weighted by molar-refractivity contribution is 7.09. The molecule has 0 unspecified atom stereocenters. The van der Waals surface area contributed by atoms with Gasteiger partial charge < -0.3 is 11.1 Å². The number of nitrogens with two attached hydrogens (primary N) is 1. The van der Waals surface area contributed by atoms with Crippen LogP contribution in [0.15, 0.2) is 29.6 Å². The average Bonchev–Trinajstić information content (AvgIpc) is 3.09. The van der Waals surface area contributed by atoms with E-state index >= 15 is 0 Å². The lowest BCUT2D eigenvalue weighted by Gasteiger charge is -2.28. The summed E-state index contributed by atoms with van der Waals surface area (Å²) < 4.78 is 0. The molecule has 1 fully saturated rings. The Bertz CT molecular complexity index is 659. The first kappa shape index (κ1) is 14.1. The summed E-state index contributed by atoms with van der Waals surface area (Å²) in [6.07, 6.45) is 4.15. The van der Waals surface area contributed by atoms with Crippen LogP contribution in [-0.2, 0) is 5.54 Å². The van der Waals surface area contributed by atoms with Crippen LogP contribution in [0.25, 0.3) is 0 Å². The second kappa shape index (κ2) is 5.48. The summed E-state index contributed by atoms with van der Waals surface area (Å²) >= 11 is 1.64. The molecule has 1 amide bonds. The van der Waals surface area contributed by atoms with E-state index in [0.29, 0.717) is 11.3 Å². The average molecular weight is 301 g/mol. The zero-order valence-electron chi connectivity index (χ0n) is 12.1. The number of aryl methyl sites for hydroxylation is 1. The summed E-state index contributed by atoms with van der Waals surface area (Å²) in [6, 6.07) is 7.10. The molecule has 1 saturated carbocycles. The second-order valence-corrected chi connectivity index (χ2v) is 6.52. The van der Waals surface area contributed by atoms with Gasteiger partial charge in [0.2, 0.25) is 0 Å². The van der Waals surface area contributed by atoms with Crippen LogP contribution < -0.4 is 11.1 Å². The number of nitrogens with one attached hydrogen (secondary N) is 1. The maximum absolute atomic E-state index is 12.5. The Morgan fingerprint density at radius 3 is 2.76 bits per heavy atom. The molecule has 4 nitrogen and oxygen atoms in total. The number of amides is 1. The van der Waals surface area contributed by atoms with Gasteiger partial charge in [-0.3, -0.25) is 4.79 Å². The largest absolute Gasteiger partial charge is 0.399 e. The molecule has 110 valence electrons. The van der Waals surface area contributed by atoms with Crippen molar-refractivity contribution >= 4 is 22.9 Å². The van der Waals surface area contributed by atoms with Crippen molar-refractivity contribution in [3.63, 3.8) is 0 Å². The predicted octanol–water partition coefficient (Wildman–Crippen LogP) is 3.23. The molecule has 1 aliphatic rings. The lowest BCUT2D eigenvalue weighted by molar-refractivity contribution is 0.0898. The number of nitrogens with zero attached hydrogens (tertiary/aromatic N) is 1. The molecule has 0 saturated heterocycles. The summed E-state index contributed by atoms with van der Waals surface area (Å²) in [4.78, 5) is 17.2. The highest BCUT2D eigenvalue weighted by atomic mass is 32.1. The van der Waals surface area contributed by atoms with Crippen LogP contribution in [0.2, 0.25) is 0 Å². The summed E-state index contributed by atoms with van der Waals surface area (Å²) in [5.74, 6) is -0.0722. The molecule has 3 N–H and O–H groups in total. The van der Waals surface area contributed by atoms with Gasteiger partial charge in [0, 0.05) is 22.3 Å². The van der Waals surface area contributed by atoms with Crippen molar-refractivity contribution in [1.82, 2.24) is 10.3 Å². The van der Waals surface area contributed by atoms with Crippen molar-refractivity contribution in [3.05, 3.63) is 45.9 Å². The minimum absolute atomic E-state index is 0.0722. The van der Waals surface area contributed by atoms with Crippen molar-refractivity contribution in [2.24, 2.45) is 0 Å². The SMILES string of the molecule is Cc1csc(C2(NC(=O)c3cccc(N)c3)CCCC2)n1. The van der Waals surface area contributed by atoms with Gasteiger partial charge in [-0.1, -0.05) is 18.9 Å². The predicted molar refractivity (Wildman–Crippen MR) is 85.3 cm³/mol. The van der Waals surface area contributed by atoms with E-state index in [1.54, 1.807) is 35.6 Å². The molecule has 3 rings (SSSR count). The van der Waals surface area contributed by atoms with E-state index in [0.717, 1.165) is 36.4 Å². The van der Waals surface area contributed by atoms with Gasteiger partial charge in [-0.25, -0.2) is 4.98 Å². The topological polar surface area (TPSA) is 68.0 Å². The Labute approximate surface area is 128 Å². The number of anilines is 1. The number of nitrogen functional groups attached to an aromatic ring is 1. The number of carbonyl (C=O) groups is 1. The van der Waals surface area contributed by atoms with E-state index in [2.05, 4.69) is 10.3 Å². The van der Waals surface area contributed by atoms with Crippen molar-refractivity contribution in [2.45, 2.75) is 38.1 Å². The highest BCUT2D eigenvalue weighted by Crippen LogP contribution is 2.40. The molecule has 0 spiro atoms. The smallest absolute Gasteiger partial charge is 0.252 e. The maximum atomic E-state index is 12.5. The standard InChI is InChI=1S/C16H19N3OS/c1-11-10-21-15(18-11)16(7-2-3-8-16)19-14(20)12-5-4-6-13(17)9-12/h4-6,9-10H,2-3,7-8,17H2,1H3,(H,19,20). The van der Waals surface area contributed by atoms with Crippen LogP contribution in [0.4, 0.5) is 5.69 Å². The van der Waals surface area contributed by atoms with Crippen LogP contribution in [-0.4, -0.2) is 10.9 Å². The van der Waals surface area contributed by atoms with Crippen LogP contribution in [0, 0.1) is 6.92 Å². The van der Waals surface area contributed by atoms with E-state index in [1.807, 2.05) is 12.3 Å². The first-order valence-electron chi connectivity index (χ1n) is 7.20. The Morgan fingerprint density at radius 2 is 2.14 bits per heavy atom. The third-order valence-corrected chi connectivity index (χ3v) is 5.15. The number of rotatable bonds is 3. The molecular weight excluding hydrogens is 282 g/mol. The molecule has 21 heavy (non-hydrogen) atoms. The summed E-state index contributed by atoms with van der Waals surface area (Å²) in [7, 11) is 0. The lowest BCUT2D eigenvalue weighted by atomic mass is 9.97. The summed E-state index contributed by atoms with van der Waals surface area (Å²) in [5.41, 5.74) is 7.68. The molecule has 1 aliphatic carbocycles. The minimum Gasteiger partial charge on any atom is -0.399 e. The van der Waals surface area contributed by atoms with Gasteiger partial charge in [0.05, 0.1) is 5.54 Å². The van der Waals surface area contributed by atoms with E-state index < -0.39 is 0 Å². The third kappa shape index (κ3) is 2.78. The van der Waals surface area contributed by atoms with Gasteiger partial charge in [0.25, 0.3) is 5.91 Å². The van der Waals surface area contributed by atoms with Crippen LogP contribution in [0.1, 0.15) is 46.7 Å². The fourth-order valence-electron chi connectivity index (χ4n) is 2.91. The Balaban J connectivity index is 1.87. The fourth-order valence-corrected chi connectivity index (χ4v) is 3.93. The molecule has 1 aromatic heterocycles. The zero-order valence-corrected chi connectivity index (χ0v) is 12.9. The fraction of sp³-hybridized carbons (Fsp3) is 0.375. The zero-order chi connectivity index (χ0) is 14.9. The van der Waals surface area contributed by atoms with E-state index in [1.165, 1.54) is 0 Å². The monoisotopic (exact) mass is 301 g/mol. The minimum atomic E-state index is -0.305. The van der Waals surface area contributed by atoms with Crippen molar-refractivity contribution in [3.8, 4) is 0 Å². The number of hydrogen-bond acceptors (Lipinski definition) is 4. The van der Waals surface area contributed by atoms with Gasteiger partial charge in [0.15, 0.2) is 0 Å². The van der Waals surface area contributed by atoms with E-state index in [4.69, 9.17) is 5.73 Å². The van der Waals surface area contributed by atoms with Gasteiger partial charge in [-0.2, -0.15) is 0 Å². The third-order valence-electron chi connectivity index (χ3n) is 3.99. The van der Waals surface area contributed by atoms with Crippen molar-refractivity contribution < 1.29 is 4.79 Å². The number of carbonyl (C=O) groups excluding carboxylic acids is 1. The quantitative estimate of drug-likeness (QED) is 0.855. The molecule has 0 bridgehead atoms. The first-order valence-corrected chi connectivity index (χ1v) is 8.08. The summed E-state index contributed by atoms with van der Waals surface area (Å²) in [5, 5.41) is 6.29. The Hall–Kier alpha value is -1.88. The number of benzene rings is 1. The molecule has 5 heteroatoms. The van der Waals surface area contributed by atoms with Crippen molar-refractivity contribution in [1.29, 1.82) is 0 Å². The van der Waals surface area contributed by atoms with Crippen LogP contribution in [0.5, 0.6) is 0 Å². The Kier molecular flexibility index (Phi) is 3.68. The summed E-state index contributed by atoms with van der Waals surface area (Å²) in [6.45, 7) is 1.99. The van der Waals surface area contributed by atoms with Gasteiger partial charge in [0.1, 0.15) is 5.01 Å². The molecule has 2 aromatic rings. The first-order chi connectivity index (χ1) is 10.1. The molecule has 0 atom stereocenters. The molecular formula is C16H19N3OS. The van der Waals surface area contributed by atoms with Crippen LogP contribution >= 0.6 is 11.3 Å². The molecule has 0 radical (unpaired) electrons. The highest BCUT2D eigenvalue weighted by Gasteiger charge is 2.39. The maximum Gasteiger partial charge on any atom is 0.252 e. The van der Waals surface area contributed by atoms with E-state index in [-0.39, 0.29) is 11.4 Å². The normalized spacial score (nSPS) is 16.8. The Morgan fingerprint density at radius 1 is 1.38 bits per heavy atom. The molecule has 1 aromatic carbocycles. The van der Waals surface area contributed by atoms with Gasteiger partial charge in [-0.05, 0) is 38.0 Å². The molecule has 1 heterocycles. The number of aromatic nitrogens is 1. The van der Waals surface area contributed by atoms with Gasteiger partial charge in [-0.15, -0.1) is 11.3 Å². The lowest BCUT2D eigenvalue weighted by Crippen LogP contribution is -2.43. The van der Waals surface area contributed by atoms with Crippen LogP contribution in [0.3, 0.4) is 0 Å². The van der Waals surface area contributed by atoms with Gasteiger partial charge >= 0.3 is 0 Å². The number of hydrogen-bond donors (Lipinski definition) is 2. The second-order valence-electron chi connectivity index (χ2n) is 5.66. The van der Waals surface area contributed by atoms with E-state index in [9.17, 15) is 4.79 Å². The van der Waals surface area contributed by atoms with Crippen molar-refractivity contribution in [2.75, 3.05) is 5.73 Å². The number of thiazole rings is 1.